The number of rotatable bonds is 2. The first-order valence-electron chi connectivity index (χ1n) is 9.17. The molecule has 0 saturated carbocycles. The average Bonchev–Trinajstić information content (AvgIpc) is 3.01. The van der Waals surface area contributed by atoms with Crippen molar-refractivity contribution < 1.29 is 4.79 Å². The summed E-state index contributed by atoms with van der Waals surface area (Å²) in [5, 5.41) is 0. The molecule has 0 heterocycles. The number of ketones is 1. The van der Waals surface area contributed by atoms with Crippen molar-refractivity contribution in [3.8, 4) is 33.4 Å². The lowest BCUT2D eigenvalue weighted by Crippen LogP contribution is -1.96. The largest absolute Gasteiger partial charge is 0.289 e. The van der Waals surface area contributed by atoms with E-state index in [9.17, 15) is 4.79 Å². The smallest absolute Gasteiger partial charge is 0.194 e. The van der Waals surface area contributed by atoms with Gasteiger partial charge in [-0.2, -0.15) is 0 Å². The van der Waals surface area contributed by atoms with Crippen molar-refractivity contribution in [2.75, 3.05) is 0 Å². The molecule has 0 saturated heterocycles. The Bertz CT molecular complexity index is 1170. The Morgan fingerprint density at radius 1 is 0.519 bits per heavy atom. The van der Waals surface area contributed by atoms with Crippen molar-refractivity contribution in [1.29, 1.82) is 0 Å². The van der Waals surface area contributed by atoms with Gasteiger partial charge in [-0.1, -0.05) is 84.9 Å². The number of hydrogen-bond donors (Lipinski definition) is 0. The number of benzene rings is 4. The summed E-state index contributed by atoms with van der Waals surface area (Å²) in [6, 6.07) is 30.9. The van der Waals surface area contributed by atoms with E-state index in [1.165, 1.54) is 0 Å². The number of aryl methyl sites for hydroxylation is 1. The van der Waals surface area contributed by atoms with E-state index >= 15 is 0 Å². The molecule has 0 N–H and O–H groups in total. The molecule has 0 spiro atoms. The number of fused-ring (bicyclic) bond motifs is 3. The Morgan fingerprint density at radius 3 is 1.70 bits per heavy atom. The number of carbonyl (C=O) groups excluding carboxylic acids is 1. The molecule has 0 radical (unpaired) electrons. The highest BCUT2D eigenvalue weighted by atomic mass is 16.1. The molecule has 0 fully saturated rings. The Morgan fingerprint density at radius 2 is 1.04 bits per heavy atom. The van der Waals surface area contributed by atoms with Crippen LogP contribution in [0.2, 0.25) is 0 Å². The summed E-state index contributed by atoms with van der Waals surface area (Å²) in [7, 11) is 0. The van der Waals surface area contributed by atoms with E-state index < -0.39 is 0 Å². The van der Waals surface area contributed by atoms with Crippen LogP contribution in [0.1, 0.15) is 21.5 Å². The first-order chi connectivity index (χ1) is 13.2. The van der Waals surface area contributed by atoms with Crippen LogP contribution in [-0.4, -0.2) is 5.78 Å². The van der Waals surface area contributed by atoms with Crippen LogP contribution in [0, 0.1) is 6.92 Å². The second kappa shape index (κ2) is 6.07. The van der Waals surface area contributed by atoms with Crippen molar-refractivity contribution in [2.24, 2.45) is 0 Å². The summed E-state index contributed by atoms with van der Waals surface area (Å²) in [5.41, 5.74) is 9.35. The van der Waals surface area contributed by atoms with Gasteiger partial charge in [0.2, 0.25) is 0 Å². The van der Waals surface area contributed by atoms with E-state index in [4.69, 9.17) is 0 Å². The van der Waals surface area contributed by atoms with E-state index in [0.717, 1.165) is 50.1 Å². The lowest BCUT2D eigenvalue weighted by atomic mass is 9.88. The summed E-state index contributed by atoms with van der Waals surface area (Å²) in [4.78, 5) is 13.2. The molecular weight excluding hydrogens is 328 g/mol. The summed E-state index contributed by atoms with van der Waals surface area (Å²) < 4.78 is 0. The Kier molecular flexibility index (Phi) is 3.54. The highest BCUT2D eigenvalue weighted by Gasteiger charge is 2.31. The molecule has 0 aliphatic heterocycles. The summed E-state index contributed by atoms with van der Waals surface area (Å²) in [6.45, 7) is 2.06. The van der Waals surface area contributed by atoms with Gasteiger partial charge in [-0.05, 0) is 40.8 Å². The van der Waals surface area contributed by atoms with Crippen LogP contribution < -0.4 is 0 Å². The normalized spacial score (nSPS) is 12.0. The Hall–Kier alpha value is -3.45. The lowest BCUT2D eigenvalue weighted by Gasteiger charge is -2.14. The zero-order valence-corrected chi connectivity index (χ0v) is 15.1. The number of carbonyl (C=O) groups is 1. The van der Waals surface area contributed by atoms with E-state index in [1.54, 1.807) is 0 Å². The predicted octanol–water partition coefficient (Wildman–Crippen LogP) is 6.54. The van der Waals surface area contributed by atoms with Gasteiger partial charge in [0.25, 0.3) is 0 Å². The molecule has 0 unspecified atom stereocenters. The molecule has 1 aliphatic carbocycles. The van der Waals surface area contributed by atoms with Gasteiger partial charge in [0.05, 0.1) is 0 Å². The molecule has 4 aromatic rings. The maximum absolute atomic E-state index is 13.2. The third-order valence-electron chi connectivity index (χ3n) is 5.26. The predicted molar refractivity (Wildman–Crippen MR) is 111 cm³/mol. The highest BCUT2D eigenvalue weighted by molar-refractivity contribution is 6.25. The molecule has 1 nitrogen and oxygen atoms in total. The summed E-state index contributed by atoms with van der Waals surface area (Å²) in [6.07, 6.45) is 0. The summed E-state index contributed by atoms with van der Waals surface area (Å²) >= 11 is 0. The van der Waals surface area contributed by atoms with Crippen LogP contribution in [0.15, 0.2) is 91.0 Å². The van der Waals surface area contributed by atoms with Crippen LogP contribution in [0.5, 0.6) is 0 Å². The van der Waals surface area contributed by atoms with Gasteiger partial charge in [-0.3, -0.25) is 4.79 Å². The fourth-order valence-electron chi connectivity index (χ4n) is 4.09. The van der Waals surface area contributed by atoms with Crippen LogP contribution in [0.3, 0.4) is 0 Å². The minimum atomic E-state index is 0.124. The molecule has 0 bridgehead atoms. The van der Waals surface area contributed by atoms with Crippen molar-refractivity contribution in [3.63, 3.8) is 0 Å². The lowest BCUT2D eigenvalue weighted by molar-refractivity contribution is 0.104. The van der Waals surface area contributed by atoms with Crippen LogP contribution in [0.4, 0.5) is 0 Å². The maximum atomic E-state index is 13.2. The SMILES string of the molecule is Cc1cc2c(c(-c3ccccc3)c1)-c1c(cccc1-c1ccccc1)C2=O. The van der Waals surface area contributed by atoms with E-state index in [0.29, 0.717) is 0 Å². The van der Waals surface area contributed by atoms with Crippen LogP contribution in [-0.2, 0) is 0 Å². The quantitative estimate of drug-likeness (QED) is 0.355. The zero-order valence-electron chi connectivity index (χ0n) is 15.1. The van der Waals surface area contributed by atoms with Gasteiger partial charge < -0.3 is 0 Å². The van der Waals surface area contributed by atoms with E-state index in [2.05, 4.69) is 43.3 Å². The second-order valence-corrected chi connectivity index (χ2v) is 7.02. The van der Waals surface area contributed by atoms with Crippen LogP contribution in [0.25, 0.3) is 33.4 Å². The first kappa shape index (κ1) is 15.8. The average molecular weight is 346 g/mol. The minimum absolute atomic E-state index is 0.124. The monoisotopic (exact) mass is 346 g/mol. The van der Waals surface area contributed by atoms with Crippen molar-refractivity contribution in [1.82, 2.24) is 0 Å². The standard InChI is InChI=1S/C26H18O/c1-17-15-22(19-11-6-3-7-12-19)25-23(16-17)26(27)21-14-8-13-20(24(21)25)18-9-4-2-5-10-18/h2-16H,1H3. The second-order valence-electron chi connectivity index (χ2n) is 7.02. The molecule has 128 valence electrons. The molecule has 4 aromatic carbocycles. The molecule has 0 aromatic heterocycles. The topological polar surface area (TPSA) is 17.1 Å². The Labute approximate surface area is 158 Å². The fraction of sp³-hybridized carbons (Fsp3) is 0.0385. The van der Waals surface area contributed by atoms with Gasteiger partial charge in [-0.25, -0.2) is 0 Å². The van der Waals surface area contributed by atoms with Crippen LogP contribution >= 0.6 is 0 Å². The molecule has 1 aliphatic rings. The molecule has 1 heteroatoms. The first-order valence-corrected chi connectivity index (χ1v) is 9.17. The Balaban J connectivity index is 1.88. The van der Waals surface area contributed by atoms with Crippen molar-refractivity contribution in [2.45, 2.75) is 6.92 Å². The molecule has 0 amide bonds. The third-order valence-corrected chi connectivity index (χ3v) is 5.26. The number of hydrogen-bond acceptors (Lipinski definition) is 1. The zero-order chi connectivity index (χ0) is 18.4. The summed E-state index contributed by atoms with van der Waals surface area (Å²) in [5.74, 6) is 0.124. The third kappa shape index (κ3) is 2.43. The van der Waals surface area contributed by atoms with Gasteiger partial charge in [-0.15, -0.1) is 0 Å². The molecule has 27 heavy (non-hydrogen) atoms. The highest BCUT2D eigenvalue weighted by Crippen LogP contribution is 2.47. The maximum Gasteiger partial charge on any atom is 0.194 e. The molecule has 5 rings (SSSR count). The van der Waals surface area contributed by atoms with Crippen molar-refractivity contribution >= 4 is 5.78 Å². The molecular formula is C26H18O. The van der Waals surface area contributed by atoms with Gasteiger partial charge in [0, 0.05) is 22.3 Å². The van der Waals surface area contributed by atoms with Crippen molar-refractivity contribution in [3.05, 3.63) is 108 Å². The van der Waals surface area contributed by atoms with E-state index in [1.807, 2.05) is 54.6 Å². The minimum Gasteiger partial charge on any atom is -0.289 e. The van der Waals surface area contributed by atoms with Gasteiger partial charge in [0.1, 0.15) is 0 Å². The fourth-order valence-corrected chi connectivity index (χ4v) is 4.09. The van der Waals surface area contributed by atoms with Gasteiger partial charge >= 0.3 is 0 Å². The van der Waals surface area contributed by atoms with Gasteiger partial charge in [0.15, 0.2) is 5.78 Å². The molecule has 0 atom stereocenters. The van der Waals surface area contributed by atoms with E-state index in [-0.39, 0.29) is 5.78 Å².